The van der Waals surface area contributed by atoms with E-state index in [9.17, 15) is 0 Å². The summed E-state index contributed by atoms with van der Waals surface area (Å²) in [4.78, 5) is 2.71. The predicted molar refractivity (Wildman–Crippen MR) is 60.1 cm³/mol. The Bertz CT molecular complexity index is 187. The van der Waals surface area contributed by atoms with Crippen LogP contribution in [0.25, 0.3) is 0 Å². The second kappa shape index (κ2) is 4.19. The zero-order valence-electron chi connectivity index (χ0n) is 9.58. The Morgan fingerprint density at radius 1 is 1.29 bits per heavy atom. The van der Waals surface area contributed by atoms with E-state index in [1.54, 1.807) is 0 Å². The molecule has 0 amide bonds. The van der Waals surface area contributed by atoms with E-state index in [0.717, 1.165) is 24.4 Å². The van der Waals surface area contributed by atoms with E-state index in [2.05, 4.69) is 18.7 Å². The molecule has 1 aliphatic heterocycles. The molecule has 0 bridgehead atoms. The predicted octanol–water partition coefficient (Wildman–Crippen LogP) is 1.84. The molecule has 14 heavy (non-hydrogen) atoms. The smallest absolute Gasteiger partial charge is 0.0249 e. The zero-order valence-corrected chi connectivity index (χ0v) is 9.58. The van der Waals surface area contributed by atoms with Crippen molar-refractivity contribution in [1.82, 2.24) is 4.90 Å². The Kier molecular flexibility index (Phi) is 3.13. The highest BCUT2D eigenvalue weighted by molar-refractivity contribution is 4.94. The van der Waals surface area contributed by atoms with E-state index in [-0.39, 0.29) is 0 Å². The van der Waals surface area contributed by atoms with Gasteiger partial charge in [0.1, 0.15) is 0 Å². The number of rotatable bonds is 4. The van der Waals surface area contributed by atoms with Crippen molar-refractivity contribution in [1.29, 1.82) is 0 Å². The van der Waals surface area contributed by atoms with Crippen LogP contribution >= 0.6 is 0 Å². The monoisotopic (exact) mass is 196 g/mol. The Morgan fingerprint density at radius 3 is 2.50 bits per heavy atom. The van der Waals surface area contributed by atoms with Crippen molar-refractivity contribution in [2.45, 2.75) is 51.6 Å². The van der Waals surface area contributed by atoms with Crippen LogP contribution in [0.1, 0.15) is 39.5 Å². The SMILES string of the molecule is CC(C)C1CCCN1C(CN)C1CC1. The highest BCUT2D eigenvalue weighted by Gasteiger charge is 2.39. The standard InChI is InChI=1S/C12H24N2/c1-9(2)11-4-3-7-14(11)12(8-13)10-5-6-10/h9-12H,3-8,13H2,1-2H3. The van der Waals surface area contributed by atoms with Crippen molar-refractivity contribution >= 4 is 0 Å². The third-order valence-electron chi connectivity index (χ3n) is 3.95. The Balaban J connectivity index is 1.99. The molecule has 2 aliphatic rings. The van der Waals surface area contributed by atoms with Crippen molar-refractivity contribution < 1.29 is 0 Å². The van der Waals surface area contributed by atoms with Crippen LogP contribution < -0.4 is 5.73 Å². The van der Waals surface area contributed by atoms with Gasteiger partial charge in [0.05, 0.1) is 0 Å². The minimum Gasteiger partial charge on any atom is -0.329 e. The minimum absolute atomic E-state index is 0.699. The summed E-state index contributed by atoms with van der Waals surface area (Å²) in [7, 11) is 0. The largest absolute Gasteiger partial charge is 0.329 e. The van der Waals surface area contributed by atoms with Crippen LogP contribution in [-0.4, -0.2) is 30.1 Å². The molecule has 2 unspecified atom stereocenters. The van der Waals surface area contributed by atoms with Crippen molar-refractivity contribution in [3.05, 3.63) is 0 Å². The molecule has 82 valence electrons. The lowest BCUT2D eigenvalue weighted by Gasteiger charge is -2.34. The maximum Gasteiger partial charge on any atom is 0.0249 e. The molecule has 0 aromatic carbocycles. The maximum absolute atomic E-state index is 5.91. The lowest BCUT2D eigenvalue weighted by atomic mass is 9.99. The van der Waals surface area contributed by atoms with Crippen LogP contribution in [0.2, 0.25) is 0 Å². The topological polar surface area (TPSA) is 29.3 Å². The fourth-order valence-electron chi connectivity index (χ4n) is 3.02. The molecule has 2 rings (SSSR count). The lowest BCUT2D eigenvalue weighted by Crippen LogP contribution is -2.46. The van der Waals surface area contributed by atoms with E-state index in [0.29, 0.717) is 6.04 Å². The highest BCUT2D eigenvalue weighted by atomic mass is 15.2. The minimum atomic E-state index is 0.699. The molecule has 2 N–H and O–H groups in total. The van der Waals surface area contributed by atoms with Gasteiger partial charge in [-0.05, 0) is 44.1 Å². The van der Waals surface area contributed by atoms with Crippen LogP contribution in [0.3, 0.4) is 0 Å². The van der Waals surface area contributed by atoms with Gasteiger partial charge >= 0.3 is 0 Å². The molecular formula is C12H24N2. The number of hydrogen-bond acceptors (Lipinski definition) is 2. The average molecular weight is 196 g/mol. The molecule has 2 heteroatoms. The lowest BCUT2D eigenvalue weighted by molar-refractivity contribution is 0.134. The molecule has 1 aliphatic carbocycles. The molecule has 2 atom stereocenters. The summed E-state index contributed by atoms with van der Waals surface area (Å²) >= 11 is 0. The number of hydrogen-bond donors (Lipinski definition) is 1. The Labute approximate surface area is 87.8 Å². The molecule has 1 heterocycles. The van der Waals surface area contributed by atoms with Crippen LogP contribution in [0.4, 0.5) is 0 Å². The normalized spacial score (nSPS) is 31.3. The average Bonchev–Trinajstić information content (AvgIpc) is 2.84. The first-order valence-corrected chi connectivity index (χ1v) is 6.20. The summed E-state index contributed by atoms with van der Waals surface area (Å²) in [5.74, 6) is 1.73. The van der Waals surface area contributed by atoms with Gasteiger partial charge in [0.25, 0.3) is 0 Å². The molecule has 0 spiro atoms. The number of likely N-dealkylation sites (tertiary alicyclic amines) is 1. The van der Waals surface area contributed by atoms with Gasteiger partial charge in [-0.15, -0.1) is 0 Å². The first-order valence-electron chi connectivity index (χ1n) is 6.20. The molecule has 1 saturated heterocycles. The highest BCUT2D eigenvalue weighted by Crippen LogP contribution is 2.38. The van der Waals surface area contributed by atoms with Gasteiger partial charge in [0.2, 0.25) is 0 Å². The van der Waals surface area contributed by atoms with Crippen molar-refractivity contribution in [3.8, 4) is 0 Å². The van der Waals surface area contributed by atoms with Gasteiger partial charge in [-0.1, -0.05) is 13.8 Å². The van der Waals surface area contributed by atoms with Crippen molar-refractivity contribution in [3.63, 3.8) is 0 Å². The second-order valence-corrected chi connectivity index (χ2v) is 5.33. The molecule has 0 aromatic heterocycles. The van der Waals surface area contributed by atoms with E-state index < -0.39 is 0 Å². The van der Waals surface area contributed by atoms with E-state index in [4.69, 9.17) is 5.73 Å². The van der Waals surface area contributed by atoms with Crippen LogP contribution in [-0.2, 0) is 0 Å². The van der Waals surface area contributed by atoms with Gasteiger partial charge in [-0.3, -0.25) is 4.90 Å². The molecule has 2 nitrogen and oxygen atoms in total. The van der Waals surface area contributed by atoms with Gasteiger partial charge in [-0.2, -0.15) is 0 Å². The Hall–Kier alpha value is -0.0800. The molecule has 1 saturated carbocycles. The summed E-state index contributed by atoms with van der Waals surface area (Å²) < 4.78 is 0. The summed E-state index contributed by atoms with van der Waals surface area (Å²) in [6, 6.07) is 1.51. The van der Waals surface area contributed by atoms with Gasteiger partial charge in [0, 0.05) is 18.6 Å². The fraction of sp³-hybridized carbons (Fsp3) is 1.00. The molecule has 0 aromatic rings. The fourth-order valence-corrected chi connectivity index (χ4v) is 3.02. The quantitative estimate of drug-likeness (QED) is 0.743. The van der Waals surface area contributed by atoms with E-state index in [1.807, 2.05) is 0 Å². The van der Waals surface area contributed by atoms with E-state index in [1.165, 1.54) is 32.2 Å². The maximum atomic E-state index is 5.91. The molecule has 0 radical (unpaired) electrons. The molecular weight excluding hydrogens is 172 g/mol. The summed E-state index contributed by atoms with van der Waals surface area (Å²) in [5, 5.41) is 0. The first-order chi connectivity index (χ1) is 6.74. The first kappa shape index (κ1) is 10.4. The number of nitrogens with two attached hydrogens (primary N) is 1. The van der Waals surface area contributed by atoms with Crippen molar-refractivity contribution in [2.24, 2.45) is 17.6 Å². The molecule has 2 fully saturated rings. The van der Waals surface area contributed by atoms with Crippen LogP contribution in [0, 0.1) is 11.8 Å². The van der Waals surface area contributed by atoms with Gasteiger partial charge in [0.15, 0.2) is 0 Å². The van der Waals surface area contributed by atoms with Crippen LogP contribution in [0.15, 0.2) is 0 Å². The zero-order chi connectivity index (χ0) is 10.1. The second-order valence-electron chi connectivity index (χ2n) is 5.33. The van der Waals surface area contributed by atoms with E-state index >= 15 is 0 Å². The summed E-state index contributed by atoms with van der Waals surface area (Å²) in [6.45, 7) is 6.86. The van der Waals surface area contributed by atoms with Gasteiger partial charge in [-0.25, -0.2) is 0 Å². The number of nitrogens with zero attached hydrogens (tertiary/aromatic N) is 1. The van der Waals surface area contributed by atoms with Crippen LogP contribution in [0.5, 0.6) is 0 Å². The Morgan fingerprint density at radius 2 is 2.00 bits per heavy atom. The summed E-state index contributed by atoms with van der Waals surface area (Å²) in [5.41, 5.74) is 5.91. The summed E-state index contributed by atoms with van der Waals surface area (Å²) in [6.07, 6.45) is 5.61. The third-order valence-corrected chi connectivity index (χ3v) is 3.95. The third kappa shape index (κ3) is 1.96. The van der Waals surface area contributed by atoms with Gasteiger partial charge < -0.3 is 5.73 Å². The van der Waals surface area contributed by atoms with Crippen molar-refractivity contribution in [2.75, 3.05) is 13.1 Å².